The first-order valence-electron chi connectivity index (χ1n) is 7.34. The molecule has 0 aliphatic heterocycles. The van der Waals surface area contributed by atoms with Gasteiger partial charge in [-0.2, -0.15) is 0 Å². The van der Waals surface area contributed by atoms with Gasteiger partial charge in [0.2, 0.25) is 0 Å². The van der Waals surface area contributed by atoms with Crippen LogP contribution in [0, 0.1) is 11.8 Å². The van der Waals surface area contributed by atoms with E-state index in [4.69, 9.17) is 4.74 Å². The van der Waals surface area contributed by atoms with E-state index in [0.29, 0.717) is 23.0 Å². The van der Waals surface area contributed by atoms with E-state index < -0.39 is 17.8 Å². The molecular weight excluding hydrogens is 296 g/mol. The summed E-state index contributed by atoms with van der Waals surface area (Å²) in [5.41, 5.74) is 3.64. The average molecular weight is 316 g/mol. The fourth-order valence-corrected chi connectivity index (χ4v) is 1.80. The van der Waals surface area contributed by atoms with Gasteiger partial charge in [0, 0.05) is 0 Å². The van der Waals surface area contributed by atoms with Crippen molar-refractivity contribution in [3.8, 4) is 11.8 Å². The molecule has 1 heterocycles. The summed E-state index contributed by atoms with van der Waals surface area (Å²) in [4.78, 5) is 13.1. The van der Waals surface area contributed by atoms with Crippen LogP contribution in [0.5, 0.6) is 0 Å². The molecule has 0 unspecified atom stereocenters. The van der Waals surface area contributed by atoms with E-state index in [2.05, 4.69) is 27.6 Å². The quantitative estimate of drug-likeness (QED) is 0.828. The van der Waals surface area contributed by atoms with Gasteiger partial charge < -0.3 is 9.84 Å². The molecule has 23 heavy (non-hydrogen) atoms. The van der Waals surface area contributed by atoms with Crippen LogP contribution in [0.25, 0.3) is 11.0 Å². The number of aromatic nitrogens is 3. The SMILES string of the molecule is CC[C@H](O)C#Cc1cccc2nnn(NC(=O)OC(C)(C)C)c12. The smallest absolute Gasteiger partial charge is 0.428 e. The first kappa shape index (κ1) is 16.8. The molecule has 2 rings (SSSR count). The van der Waals surface area contributed by atoms with Crippen molar-refractivity contribution in [1.29, 1.82) is 0 Å². The maximum Gasteiger partial charge on any atom is 0.428 e. The van der Waals surface area contributed by atoms with Crippen molar-refractivity contribution >= 4 is 17.1 Å². The van der Waals surface area contributed by atoms with Crippen LogP contribution in [0.4, 0.5) is 4.79 Å². The van der Waals surface area contributed by atoms with Crippen LogP contribution in [0.3, 0.4) is 0 Å². The summed E-state index contributed by atoms with van der Waals surface area (Å²) in [6.07, 6.45) is -0.800. The molecule has 1 amide bonds. The Morgan fingerprint density at radius 2 is 2.22 bits per heavy atom. The van der Waals surface area contributed by atoms with Gasteiger partial charge in [-0.1, -0.05) is 24.8 Å². The standard InChI is InChI=1S/C16H20N4O3/c1-5-12(21)10-9-11-7-6-8-13-14(11)20(19-17-13)18-15(22)23-16(2,3)4/h6-8,12,21H,5H2,1-4H3,(H,18,22)/t12-/m0/s1. The summed E-state index contributed by atoms with van der Waals surface area (Å²) in [6.45, 7) is 7.16. The molecule has 0 fully saturated rings. The Morgan fingerprint density at radius 1 is 1.48 bits per heavy atom. The third kappa shape index (κ3) is 4.44. The summed E-state index contributed by atoms with van der Waals surface area (Å²) in [7, 11) is 0. The number of aliphatic hydroxyl groups is 1. The lowest BCUT2D eigenvalue weighted by Crippen LogP contribution is -2.32. The van der Waals surface area contributed by atoms with Crippen molar-refractivity contribution in [1.82, 2.24) is 15.1 Å². The third-order valence-corrected chi connectivity index (χ3v) is 2.82. The summed E-state index contributed by atoms with van der Waals surface area (Å²) in [5.74, 6) is 5.64. The van der Waals surface area contributed by atoms with Crippen LogP contribution >= 0.6 is 0 Å². The number of amides is 1. The number of para-hydroxylation sites is 1. The lowest BCUT2D eigenvalue weighted by molar-refractivity contribution is 0.0610. The summed E-state index contributed by atoms with van der Waals surface area (Å²) in [5, 5.41) is 17.5. The molecule has 0 aliphatic carbocycles. The summed E-state index contributed by atoms with van der Waals surface area (Å²) < 4.78 is 5.20. The molecule has 2 N–H and O–H groups in total. The van der Waals surface area contributed by atoms with Crippen molar-refractivity contribution in [2.45, 2.75) is 45.8 Å². The van der Waals surface area contributed by atoms with E-state index in [1.807, 2.05) is 6.92 Å². The number of nitrogens with one attached hydrogen (secondary N) is 1. The zero-order chi connectivity index (χ0) is 17.0. The van der Waals surface area contributed by atoms with Gasteiger partial charge in [-0.15, -0.1) is 9.89 Å². The number of rotatable bonds is 2. The fourth-order valence-electron chi connectivity index (χ4n) is 1.80. The Hall–Kier alpha value is -2.59. The highest BCUT2D eigenvalue weighted by molar-refractivity contribution is 5.84. The molecular formula is C16H20N4O3. The number of ether oxygens (including phenoxy) is 1. The Balaban J connectivity index is 2.34. The molecule has 7 heteroatoms. The van der Waals surface area contributed by atoms with E-state index in [-0.39, 0.29) is 0 Å². The van der Waals surface area contributed by atoms with Crippen molar-refractivity contribution in [2.75, 3.05) is 5.43 Å². The van der Waals surface area contributed by atoms with Gasteiger partial charge in [0.1, 0.15) is 22.7 Å². The third-order valence-electron chi connectivity index (χ3n) is 2.82. The van der Waals surface area contributed by atoms with Gasteiger partial charge in [0.05, 0.1) is 5.56 Å². The second kappa shape index (κ2) is 6.67. The Kier molecular flexibility index (Phi) is 4.86. The van der Waals surface area contributed by atoms with Crippen molar-refractivity contribution < 1.29 is 14.6 Å². The summed E-state index contributed by atoms with van der Waals surface area (Å²) in [6, 6.07) is 5.32. The number of nitrogens with zero attached hydrogens (tertiary/aromatic N) is 3. The van der Waals surface area contributed by atoms with Gasteiger partial charge in [-0.25, -0.2) is 10.2 Å². The lowest BCUT2D eigenvalue weighted by atomic mass is 10.1. The molecule has 1 aromatic heterocycles. The molecule has 1 atom stereocenters. The van der Waals surface area contributed by atoms with E-state index in [1.165, 1.54) is 4.79 Å². The predicted octanol–water partition coefficient (Wildman–Crippen LogP) is 2.03. The van der Waals surface area contributed by atoms with Gasteiger partial charge >= 0.3 is 6.09 Å². The largest absolute Gasteiger partial charge is 0.443 e. The molecule has 2 aromatic rings. The maximum absolute atomic E-state index is 11.9. The zero-order valence-electron chi connectivity index (χ0n) is 13.6. The minimum absolute atomic E-state index is 0.538. The number of carbonyl (C=O) groups is 1. The number of hydrogen-bond donors (Lipinski definition) is 2. The molecule has 0 radical (unpaired) electrons. The molecule has 0 saturated carbocycles. The topological polar surface area (TPSA) is 89.3 Å². The molecule has 0 spiro atoms. The van der Waals surface area contributed by atoms with Gasteiger partial charge in [-0.3, -0.25) is 0 Å². The van der Waals surface area contributed by atoms with Crippen LogP contribution < -0.4 is 5.43 Å². The fraction of sp³-hybridized carbons (Fsp3) is 0.438. The molecule has 7 nitrogen and oxygen atoms in total. The predicted molar refractivity (Wildman–Crippen MR) is 86.3 cm³/mol. The monoisotopic (exact) mass is 316 g/mol. The zero-order valence-corrected chi connectivity index (χ0v) is 13.6. The number of fused-ring (bicyclic) bond motifs is 1. The molecule has 0 bridgehead atoms. The number of carbonyl (C=O) groups excluding carboxylic acids is 1. The van der Waals surface area contributed by atoms with Crippen LogP contribution in [-0.2, 0) is 4.74 Å². The Morgan fingerprint density at radius 3 is 2.87 bits per heavy atom. The highest BCUT2D eigenvalue weighted by Crippen LogP contribution is 2.15. The van der Waals surface area contributed by atoms with Crippen LogP contribution in [-0.4, -0.2) is 38.0 Å². The number of benzene rings is 1. The van der Waals surface area contributed by atoms with E-state index >= 15 is 0 Å². The van der Waals surface area contributed by atoms with Gasteiger partial charge in [0.25, 0.3) is 0 Å². The lowest BCUT2D eigenvalue weighted by Gasteiger charge is -2.19. The Labute approximate surface area is 134 Å². The minimum Gasteiger partial charge on any atom is -0.443 e. The molecule has 0 aliphatic rings. The van der Waals surface area contributed by atoms with Crippen LogP contribution in [0.1, 0.15) is 39.7 Å². The van der Waals surface area contributed by atoms with Crippen molar-refractivity contribution in [2.24, 2.45) is 0 Å². The van der Waals surface area contributed by atoms with Gasteiger partial charge in [-0.05, 0) is 44.5 Å². The Bertz CT molecular complexity index is 765. The van der Waals surface area contributed by atoms with Gasteiger partial charge in [0.15, 0.2) is 0 Å². The first-order valence-corrected chi connectivity index (χ1v) is 7.34. The molecule has 122 valence electrons. The highest BCUT2D eigenvalue weighted by Gasteiger charge is 2.18. The normalized spacial score (nSPS) is 12.4. The first-order chi connectivity index (χ1) is 10.8. The van der Waals surface area contributed by atoms with Crippen LogP contribution in [0.2, 0.25) is 0 Å². The molecule has 0 saturated heterocycles. The second-order valence-corrected chi connectivity index (χ2v) is 5.98. The van der Waals surface area contributed by atoms with Crippen molar-refractivity contribution in [3.63, 3.8) is 0 Å². The van der Waals surface area contributed by atoms with Crippen LogP contribution in [0.15, 0.2) is 18.2 Å². The van der Waals surface area contributed by atoms with E-state index in [9.17, 15) is 9.90 Å². The molecule has 1 aromatic carbocycles. The maximum atomic E-state index is 11.9. The highest BCUT2D eigenvalue weighted by atomic mass is 16.6. The number of hydrogen-bond acceptors (Lipinski definition) is 5. The second-order valence-electron chi connectivity index (χ2n) is 5.98. The van der Waals surface area contributed by atoms with E-state index in [0.717, 1.165) is 0 Å². The van der Waals surface area contributed by atoms with Crippen molar-refractivity contribution in [3.05, 3.63) is 23.8 Å². The van der Waals surface area contributed by atoms with E-state index in [1.54, 1.807) is 39.0 Å². The average Bonchev–Trinajstić information content (AvgIpc) is 2.86. The number of aliphatic hydroxyl groups excluding tert-OH is 1. The summed E-state index contributed by atoms with van der Waals surface area (Å²) >= 11 is 0. The minimum atomic E-state index is -0.701.